The molecule has 31 heavy (non-hydrogen) atoms. The number of ketones is 1. The van der Waals surface area contributed by atoms with E-state index >= 15 is 0 Å². The van der Waals surface area contributed by atoms with E-state index in [-0.39, 0.29) is 11.7 Å². The van der Waals surface area contributed by atoms with E-state index in [2.05, 4.69) is 10.3 Å². The normalized spacial score (nSPS) is 10.6. The van der Waals surface area contributed by atoms with E-state index in [0.29, 0.717) is 41.4 Å². The maximum Gasteiger partial charge on any atom is 0.251 e. The van der Waals surface area contributed by atoms with Gasteiger partial charge in [-0.3, -0.25) is 9.59 Å². The highest BCUT2D eigenvalue weighted by Crippen LogP contribution is 2.23. The zero-order valence-electron chi connectivity index (χ0n) is 16.7. The molecule has 0 aliphatic rings. The molecule has 6 nitrogen and oxygen atoms in total. The van der Waals surface area contributed by atoms with E-state index < -0.39 is 0 Å². The minimum absolute atomic E-state index is 0.0767. The van der Waals surface area contributed by atoms with Crippen molar-refractivity contribution in [2.75, 3.05) is 18.9 Å². The molecule has 0 atom stereocenters. The van der Waals surface area contributed by atoms with Gasteiger partial charge in [-0.2, -0.15) is 0 Å². The summed E-state index contributed by atoms with van der Waals surface area (Å²) in [6, 6.07) is 23.1. The quantitative estimate of drug-likeness (QED) is 0.356. The first-order chi connectivity index (χ1) is 15.1. The number of nitrogens with one attached hydrogen (secondary N) is 1. The van der Waals surface area contributed by atoms with Gasteiger partial charge in [0.2, 0.25) is 0 Å². The monoisotopic (exact) mass is 411 g/mol. The largest absolute Gasteiger partial charge is 0.492 e. The van der Waals surface area contributed by atoms with Crippen molar-refractivity contribution in [1.29, 1.82) is 0 Å². The van der Waals surface area contributed by atoms with Gasteiger partial charge in [0.1, 0.15) is 18.2 Å². The summed E-state index contributed by atoms with van der Waals surface area (Å²) in [5.74, 6) is 0.803. The zero-order valence-corrected chi connectivity index (χ0v) is 16.7. The highest BCUT2D eigenvalue weighted by atomic mass is 16.5. The van der Waals surface area contributed by atoms with Crippen molar-refractivity contribution in [2.45, 2.75) is 0 Å². The lowest BCUT2D eigenvalue weighted by Crippen LogP contribution is -2.28. The van der Waals surface area contributed by atoms with E-state index in [1.807, 2.05) is 42.5 Å². The second-order valence-electron chi connectivity index (χ2n) is 6.96. The Morgan fingerprint density at radius 1 is 0.871 bits per heavy atom. The van der Waals surface area contributed by atoms with E-state index in [0.717, 1.165) is 10.8 Å². The molecule has 6 heteroatoms. The van der Waals surface area contributed by atoms with E-state index in [1.54, 1.807) is 42.6 Å². The van der Waals surface area contributed by atoms with Crippen molar-refractivity contribution in [1.82, 2.24) is 10.3 Å². The molecule has 4 rings (SSSR count). The molecule has 1 amide bonds. The van der Waals surface area contributed by atoms with Crippen LogP contribution in [0.25, 0.3) is 10.8 Å². The maximum absolute atomic E-state index is 12.4. The molecule has 1 aromatic heterocycles. The van der Waals surface area contributed by atoms with Crippen molar-refractivity contribution in [3.05, 3.63) is 102 Å². The summed E-state index contributed by atoms with van der Waals surface area (Å²) >= 11 is 0. The number of hydrogen-bond donors (Lipinski definition) is 2. The predicted octanol–water partition coefficient (Wildman–Crippen LogP) is 3.86. The zero-order chi connectivity index (χ0) is 21.6. The molecule has 0 spiro atoms. The Bertz CT molecular complexity index is 1220. The Morgan fingerprint density at radius 2 is 1.58 bits per heavy atom. The molecular weight excluding hydrogens is 390 g/mol. The first-order valence-electron chi connectivity index (χ1n) is 9.87. The van der Waals surface area contributed by atoms with Crippen molar-refractivity contribution < 1.29 is 14.3 Å². The molecule has 0 bridgehead atoms. The van der Waals surface area contributed by atoms with Gasteiger partial charge >= 0.3 is 0 Å². The standard InChI is InChI=1S/C25H21N3O3/c26-24-22-16-21(11-10-17(22)12-13-27-24)31-15-14-28-25(30)20-8-6-19(7-9-20)23(29)18-4-2-1-3-5-18/h1-13,16H,14-15H2,(H2,26,27)(H,28,30). The Balaban J connectivity index is 1.30. The number of ether oxygens (including phenoxy) is 1. The average molecular weight is 411 g/mol. The van der Waals surface area contributed by atoms with Gasteiger partial charge in [0.05, 0.1) is 6.54 Å². The van der Waals surface area contributed by atoms with Gasteiger partial charge in [-0.1, -0.05) is 48.5 Å². The molecule has 0 fully saturated rings. The van der Waals surface area contributed by atoms with Gasteiger partial charge in [0.15, 0.2) is 5.78 Å². The van der Waals surface area contributed by atoms with Crippen LogP contribution in [0.4, 0.5) is 5.82 Å². The van der Waals surface area contributed by atoms with E-state index in [9.17, 15) is 9.59 Å². The number of benzene rings is 3. The SMILES string of the molecule is Nc1nccc2ccc(OCCNC(=O)c3ccc(C(=O)c4ccccc4)cc3)cc12. The van der Waals surface area contributed by atoms with Crippen LogP contribution < -0.4 is 15.8 Å². The van der Waals surface area contributed by atoms with Gasteiger partial charge in [-0.05, 0) is 35.7 Å². The Labute approximate surface area is 179 Å². The lowest BCUT2D eigenvalue weighted by molar-refractivity contribution is 0.0945. The molecule has 0 saturated carbocycles. The summed E-state index contributed by atoms with van der Waals surface area (Å²) in [4.78, 5) is 28.9. The lowest BCUT2D eigenvalue weighted by atomic mass is 10.0. The summed E-state index contributed by atoms with van der Waals surface area (Å²) in [5.41, 5.74) is 7.53. The molecule has 4 aromatic rings. The smallest absolute Gasteiger partial charge is 0.251 e. The van der Waals surface area contributed by atoms with Crippen LogP contribution in [0.1, 0.15) is 26.3 Å². The first kappa shape index (κ1) is 20.1. The van der Waals surface area contributed by atoms with E-state index in [1.165, 1.54) is 0 Å². The van der Waals surface area contributed by atoms with Crippen LogP contribution in [0.15, 0.2) is 85.1 Å². The molecule has 0 radical (unpaired) electrons. The molecule has 3 aromatic carbocycles. The molecule has 0 saturated heterocycles. The fraction of sp³-hybridized carbons (Fsp3) is 0.0800. The third kappa shape index (κ3) is 4.70. The van der Waals surface area contributed by atoms with Crippen LogP contribution in [0.3, 0.4) is 0 Å². The number of nitrogens with two attached hydrogens (primary N) is 1. The summed E-state index contributed by atoms with van der Waals surface area (Å²) in [6.07, 6.45) is 1.66. The first-order valence-corrected chi connectivity index (χ1v) is 9.87. The number of nitrogen functional groups attached to an aromatic ring is 1. The maximum atomic E-state index is 12.4. The molecule has 1 heterocycles. The van der Waals surface area contributed by atoms with Gasteiger partial charge in [-0.15, -0.1) is 0 Å². The predicted molar refractivity (Wildman–Crippen MR) is 120 cm³/mol. The number of pyridine rings is 1. The van der Waals surface area contributed by atoms with Gasteiger partial charge in [0, 0.05) is 28.3 Å². The Hall–Kier alpha value is -4.19. The minimum Gasteiger partial charge on any atom is -0.492 e. The van der Waals surface area contributed by atoms with E-state index in [4.69, 9.17) is 10.5 Å². The summed E-state index contributed by atoms with van der Waals surface area (Å²) in [5, 5.41) is 4.63. The molecule has 154 valence electrons. The van der Waals surface area contributed by atoms with Gasteiger partial charge in [-0.25, -0.2) is 4.98 Å². The highest BCUT2D eigenvalue weighted by molar-refractivity contribution is 6.09. The summed E-state index contributed by atoms with van der Waals surface area (Å²) in [7, 11) is 0. The number of hydrogen-bond acceptors (Lipinski definition) is 5. The fourth-order valence-corrected chi connectivity index (χ4v) is 3.22. The Morgan fingerprint density at radius 3 is 2.35 bits per heavy atom. The summed E-state index contributed by atoms with van der Waals surface area (Å²) in [6.45, 7) is 0.645. The van der Waals surface area contributed by atoms with Crippen LogP contribution in [-0.2, 0) is 0 Å². The van der Waals surface area contributed by atoms with Crippen molar-refractivity contribution >= 4 is 28.3 Å². The van der Waals surface area contributed by atoms with Crippen molar-refractivity contribution in [3.8, 4) is 5.75 Å². The number of aromatic nitrogens is 1. The van der Waals surface area contributed by atoms with Crippen LogP contribution in [0, 0.1) is 0 Å². The number of carbonyl (C=O) groups is 2. The van der Waals surface area contributed by atoms with Crippen LogP contribution in [0.2, 0.25) is 0 Å². The average Bonchev–Trinajstić information content (AvgIpc) is 2.82. The Kier molecular flexibility index (Phi) is 5.89. The third-order valence-corrected chi connectivity index (χ3v) is 4.87. The molecule has 3 N–H and O–H groups in total. The number of carbonyl (C=O) groups excluding carboxylic acids is 2. The number of anilines is 1. The minimum atomic E-state index is -0.228. The van der Waals surface area contributed by atoms with Crippen LogP contribution in [0.5, 0.6) is 5.75 Å². The molecular formula is C25H21N3O3. The fourth-order valence-electron chi connectivity index (χ4n) is 3.22. The van der Waals surface area contributed by atoms with Crippen LogP contribution in [-0.4, -0.2) is 29.8 Å². The lowest BCUT2D eigenvalue weighted by Gasteiger charge is -2.09. The molecule has 0 aliphatic carbocycles. The van der Waals surface area contributed by atoms with Gasteiger partial charge < -0.3 is 15.8 Å². The number of nitrogens with zero attached hydrogens (tertiary/aromatic N) is 1. The molecule has 0 unspecified atom stereocenters. The van der Waals surface area contributed by atoms with Crippen molar-refractivity contribution in [3.63, 3.8) is 0 Å². The number of amides is 1. The number of fused-ring (bicyclic) bond motifs is 1. The number of rotatable bonds is 7. The van der Waals surface area contributed by atoms with Crippen LogP contribution >= 0.6 is 0 Å². The molecule has 0 aliphatic heterocycles. The summed E-state index contributed by atoms with van der Waals surface area (Å²) < 4.78 is 5.71. The second kappa shape index (κ2) is 9.09. The van der Waals surface area contributed by atoms with Crippen molar-refractivity contribution in [2.24, 2.45) is 0 Å². The topological polar surface area (TPSA) is 94.3 Å². The highest BCUT2D eigenvalue weighted by Gasteiger charge is 2.10. The van der Waals surface area contributed by atoms with Gasteiger partial charge in [0.25, 0.3) is 5.91 Å². The third-order valence-electron chi connectivity index (χ3n) is 4.87. The second-order valence-corrected chi connectivity index (χ2v) is 6.96.